The van der Waals surface area contributed by atoms with Crippen LogP contribution in [0.3, 0.4) is 0 Å². The Balaban J connectivity index is 0.000000166. The minimum absolute atomic E-state index is 0. The molecule has 314 valence electrons. The molecule has 0 N–H and O–H groups in total. The molecular formula is C54H53Cl2F3SiZr-2. The van der Waals surface area contributed by atoms with E-state index in [1.54, 1.807) is 0 Å². The van der Waals surface area contributed by atoms with Crippen LogP contribution in [0.1, 0.15) is 68.9 Å². The summed E-state index contributed by atoms with van der Waals surface area (Å²) in [5.74, 6) is 1.80. The number of fused-ring (bicyclic) bond motifs is 4. The molecule has 0 heterocycles. The van der Waals surface area contributed by atoms with Gasteiger partial charge in [-0.3, -0.25) is 0 Å². The third kappa shape index (κ3) is 12.0. The van der Waals surface area contributed by atoms with Gasteiger partial charge in [0.15, 0.2) is 0 Å². The molecule has 0 saturated heterocycles. The second-order valence-corrected chi connectivity index (χ2v) is 25.4. The van der Waals surface area contributed by atoms with Crippen molar-refractivity contribution in [2.75, 3.05) is 0 Å². The fraction of sp³-hybridized carbons (Fsp3) is 0.296. The molecule has 10 rings (SSSR count). The largest absolute Gasteiger partial charge is 1.00 e. The predicted molar refractivity (Wildman–Crippen MR) is 243 cm³/mol. The predicted octanol–water partition coefficient (Wildman–Crippen LogP) is 10.3. The van der Waals surface area contributed by atoms with E-state index in [-0.39, 0.29) is 24.8 Å². The van der Waals surface area contributed by atoms with E-state index in [4.69, 9.17) is 0 Å². The molecule has 0 aromatic heterocycles. The van der Waals surface area contributed by atoms with Crippen LogP contribution >= 0.6 is 0 Å². The first kappa shape index (κ1) is 47.0. The van der Waals surface area contributed by atoms with Crippen LogP contribution < -0.4 is 24.8 Å². The first-order chi connectivity index (χ1) is 28.7. The average Bonchev–Trinajstić information content (AvgIpc) is 4.09. The fourth-order valence-electron chi connectivity index (χ4n) is 9.64. The first-order valence-electron chi connectivity index (χ1n) is 21.6. The van der Waals surface area contributed by atoms with E-state index in [1.165, 1.54) is 164 Å². The van der Waals surface area contributed by atoms with E-state index in [0.717, 1.165) is 11.8 Å². The molecule has 0 amide bonds. The molecule has 0 unspecified atom stereocenters. The maximum absolute atomic E-state index is 11.4. The Morgan fingerprint density at radius 3 is 1.26 bits per heavy atom. The van der Waals surface area contributed by atoms with Gasteiger partial charge >= 0.3 is 67.1 Å². The van der Waals surface area contributed by atoms with Gasteiger partial charge in [-0.15, -0.1) is 69.1 Å². The Hall–Kier alpha value is -3.47. The summed E-state index contributed by atoms with van der Waals surface area (Å²) in [4.78, 5) is 0. The topological polar surface area (TPSA) is 0 Å². The van der Waals surface area contributed by atoms with E-state index in [9.17, 15) is 13.2 Å². The molecule has 2 fully saturated rings. The van der Waals surface area contributed by atoms with Crippen LogP contribution in [0.25, 0.3) is 65.3 Å². The van der Waals surface area contributed by atoms with E-state index in [0.29, 0.717) is 6.04 Å². The Morgan fingerprint density at radius 1 is 0.525 bits per heavy atom. The summed E-state index contributed by atoms with van der Waals surface area (Å²) in [5.41, 5.74) is 7.88. The molecule has 0 nitrogen and oxygen atoms in total. The Kier molecular flexibility index (Phi) is 16.8. The molecule has 0 radical (unpaired) electrons. The Morgan fingerprint density at radius 2 is 0.885 bits per heavy atom. The van der Waals surface area contributed by atoms with E-state index >= 15 is 0 Å². The van der Waals surface area contributed by atoms with Crippen LogP contribution in [0, 0.1) is 11.8 Å². The molecule has 0 aliphatic heterocycles. The van der Waals surface area contributed by atoms with Gasteiger partial charge in [0.2, 0.25) is 0 Å². The van der Waals surface area contributed by atoms with Crippen molar-refractivity contribution >= 4 is 48.5 Å². The summed E-state index contributed by atoms with van der Waals surface area (Å²) in [6.45, 7) is 1.93. The fourth-order valence-corrected chi connectivity index (χ4v) is 11.2. The number of hydrogen-bond donors (Lipinski definition) is 0. The summed E-state index contributed by atoms with van der Waals surface area (Å²) in [7, 11) is 0. The minimum atomic E-state index is -3.93. The van der Waals surface area contributed by atoms with Gasteiger partial charge in [-0.1, -0.05) is 160 Å². The van der Waals surface area contributed by atoms with Crippen molar-refractivity contribution in [2.45, 2.75) is 89.4 Å². The van der Waals surface area contributed by atoms with Crippen molar-refractivity contribution in [3.05, 3.63) is 157 Å². The van der Waals surface area contributed by atoms with E-state index in [2.05, 4.69) is 146 Å². The molecule has 2 saturated carbocycles. The molecule has 2 aliphatic carbocycles. The van der Waals surface area contributed by atoms with Crippen molar-refractivity contribution in [1.29, 1.82) is 0 Å². The summed E-state index contributed by atoms with van der Waals surface area (Å²) in [5, 5.41) is 10.9. The van der Waals surface area contributed by atoms with Crippen LogP contribution in [0.4, 0.5) is 13.2 Å². The van der Waals surface area contributed by atoms with Crippen molar-refractivity contribution in [2.24, 2.45) is 11.8 Å². The third-order valence-corrected chi connectivity index (χ3v) is 15.4. The van der Waals surface area contributed by atoms with Crippen LogP contribution in [0.5, 0.6) is 0 Å². The van der Waals surface area contributed by atoms with Crippen LogP contribution in [0.2, 0.25) is 12.6 Å². The molecule has 2 aliphatic rings. The zero-order chi connectivity index (χ0) is 40.8. The van der Waals surface area contributed by atoms with Crippen LogP contribution in [-0.4, -0.2) is 11.6 Å². The Bertz CT molecular complexity index is 2500. The zero-order valence-electron chi connectivity index (χ0n) is 34.9. The molecule has 8 aromatic carbocycles. The molecule has 0 atom stereocenters. The molecule has 61 heavy (non-hydrogen) atoms. The van der Waals surface area contributed by atoms with Gasteiger partial charge in [0.05, 0.1) is 0 Å². The van der Waals surface area contributed by atoms with Gasteiger partial charge in [-0.2, -0.15) is 12.1 Å². The van der Waals surface area contributed by atoms with Crippen LogP contribution in [-0.2, 0) is 36.2 Å². The Labute approximate surface area is 387 Å². The van der Waals surface area contributed by atoms with Crippen molar-refractivity contribution in [3.63, 3.8) is 0 Å². The number of benzene rings is 6. The van der Waals surface area contributed by atoms with Crippen molar-refractivity contribution in [3.8, 4) is 22.3 Å². The van der Waals surface area contributed by atoms with Gasteiger partial charge in [0.1, 0.15) is 0 Å². The van der Waals surface area contributed by atoms with Crippen molar-refractivity contribution < 1.29 is 61.3 Å². The second kappa shape index (κ2) is 21.7. The maximum Gasteiger partial charge on any atom is -0.0114 e. The molecular weight excluding hydrogens is 896 g/mol. The van der Waals surface area contributed by atoms with Crippen LogP contribution in [0.15, 0.2) is 146 Å². The number of halogens is 5. The normalized spacial score (nSPS) is 14.3. The quantitative estimate of drug-likeness (QED) is 0.105. The molecule has 7 heteroatoms. The molecule has 8 aromatic rings. The summed E-state index contributed by atoms with van der Waals surface area (Å²) in [6, 6.07) is 54.3. The van der Waals surface area contributed by atoms with Gasteiger partial charge < -0.3 is 24.8 Å². The van der Waals surface area contributed by atoms with Gasteiger partial charge in [0.25, 0.3) is 0 Å². The standard InChI is InChI=1S/2C25H23.C4H7F3Si.2ClH.Zr/c2*1-2-8-18(7-1)15-19-16-21-11-6-14-24(25(21)17-19)23-13-5-10-20-9-3-4-12-22(20)23;1-8-3-2-4(5,6)7;;;/h2*3-6,9-14,16-18H,1-2,7-8,15H2;2-3H2,1H3;2*1H;/q2*-1;;;;+2/p-2. The number of rotatable bonds is 8. The van der Waals surface area contributed by atoms with E-state index in [1.807, 2.05) is 6.55 Å². The number of hydrogen-bond acceptors (Lipinski definition) is 0. The second-order valence-electron chi connectivity index (χ2n) is 17.0. The van der Waals surface area contributed by atoms with Gasteiger partial charge in [-0.25, -0.2) is 0 Å². The molecule has 0 bridgehead atoms. The summed E-state index contributed by atoms with van der Waals surface area (Å²) < 4.78 is 34.3. The van der Waals surface area contributed by atoms with Gasteiger partial charge in [-0.05, 0) is 57.3 Å². The zero-order valence-corrected chi connectivity index (χ0v) is 39.9. The van der Waals surface area contributed by atoms with Gasteiger partial charge in [0, 0.05) is 0 Å². The van der Waals surface area contributed by atoms with E-state index < -0.39 is 18.0 Å². The van der Waals surface area contributed by atoms with Crippen molar-refractivity contribution in [1.82, 2.24) is 0 Å². The monoisotopic (exact) mass is 946 g/mol. The summed E-state index contributed by atoms with van der Waals surface area (Å²) in [6.07, 6.45) is 9.35. The SMILES string of the molecule is C[Si](=[Zr+2])CCC(F)(F)F.[Cl-].[Cl-].c1ccc2c(-c3cccc4[cH-]c(CC5CCCC5)cc34)cccc2c1.c1ccc2c(-c3cccc4[cH-]c(CC5CCCC5)cc34)cccc2c1. The number of alkyl halides is 3. The average molecular weight is 949 g/mol. The molecule has 0 spiro atoms. The third-order valence-electron chi connectivity index (χ3n) is 12.6. The smallest absolute Gasteiger partial charge is 0.0114 e. The first-order valence-corrected chi connectivity index (χ1v) is 27.5. The minimum Gasteiger partial charge on any atom is -1.00 e. The maximum atomic E-state index is 11.4. The summed E-state index contributed by atoms with van der Waals surface area (Å²) >= 11 is 1.29.